The minimum Gasteiger partial charge on any atom is -0.497 e. The van der Waals surface area contributed by atoms with Crippen LogP contribution in [0.1, 0.15) is 44.6 Å². The van der Waals surface area contributed by atoms with Gasteiger partial charge in [0.1, 0.15) is 5.75 Å². The number of hydrogen-bond donors (Lipinski definition) is 1. The average molecular weight is 261 g/mol. The van der Waals surface area contributed by atoms with Crippen LogP contribution in [0.5, 0.6) is 5.75 Å². The fourth-order valence-corrected chi connectivity index (χ4v) is 3.00. The molecule has 0 atom stereocenters. The van der Waals surface area contributed by atoms with Gasteiger partial charge in [0.15, 0.2) is 0 Å². The van der Waals surface area contributed by atoms with Crippen molar-refractivity contribution < 1.29 is 4.74 Å². The molecule has 0 aromatic heterocycles. The third kappa shape index (κ3) is 4.54. The van der Waals surface area contributed by atoms with Crippen LogP contribution in [0, 0.1) is 5.41 Å². The molecule has 1 aliphatic rings. The Morgan fingerprint density at radius 1 is 1.11 bits per heavy atom. The van der Waals surface area contributed by atoms with Gasteiger partial charge in [-0.1, -0.05) is 38.3 Å². The van der Waals surface area contributed by atoms with Gasteiger partial charge in [-0.15, -0.1) is 0 Å². The van der Waals surface area contributed by atoms with Crippen molar-refractivity contribution in [2.45, 2.75) is 45.4 Å². The van der Waals surface area contributed by atoms with Crippen LogP contribution in [0.2, 0.25) is 0 Å². The molecule has 0 bridgehead atoms. The standard InChI is InChI=1S/C17H27NO/c1-17(11-4-3-5-12-17)14-18-13-10-15-6-8-16(19-2)9-7-15/h6-9,18H,3-5,10-14H2,1-2H3. The molecule has 1 N–H and O–H groups in total. The lowest BCUT2D eigenvalue weighted by Crippen LogP contribution is -2.34. The molecule has 19 heavy (non-hydrogen) atoms. The number of methoxy groups -OCH3 is 1. The number of benzene rings is 1. The van der Waals surface area contributed by atoms with Gasteiger partial charge in [0.2, 0.25) is 0 Å². The van der Waals surface area contributed by atoms with E-state index in [1.165, 1.54) is 44.2 Å². The summed E-state index contributed by atoms with van der Waals surface area (Å²) in [6, 6.07) is 8.39. The first-order chi connectivity index (χ1) is 9.22. The lowest BCUT2D eigenvalue weighted by Gasteiger charge is -2.33. The molecule has 1 aromatic carbocycles. The third-order valence-electron chi connectivity index (χ3n) is 4.36. The zero-order valence-corrected chi connectivity index (χ0v) is 12.4. The van der Waals surface area contributed by atoms with Crippen molar-refractivity contribution in [2.75, 3.05) is 20.2 Å². The van der Waals surface area contributed by atoms with Crippen LogP contribution in [0.15, 0.2) is 24.3 Å². The highest BCUT2D eigenvalue weighted by Crippen LogP contribution is 2.34. The van der Waals surface area contributed by atoms with Crippen molar-refractivity contribution in [1.82, 2.24) is 5.32 Å². The second-order valence-corrected chi connectivity index (χ2v) is 6.15. The molecule has 1 saturated carbocycles. The molecule has 0 saturated heterocycles. The summed E-state index contributed by atoms with van der Waals surface area (Å²) in [6.07, 6.45) is 8.14. The SMILES string of the molecule is COc1ccc(CCNCC2(C)CCCCC2)cc1. The molecule has 0 amide bonds. The van der Waals surface area contributed by atoms with Gasteiger partial charge in [0.05, 0.1) is 7.11 Å². The van der Waals surface area contributed by atoms with E-state index in [2.05, 4.69) is 24.4 Å². The quantitative estimate of drug-likeness (QED) is 0.787. The largest absolute Gasteiger partial charge is 0.497 e. The smallest absolute Gasteiger partial charge is 0.118 e. The van der Waals surface area contributed by atoms with E-state index in [-0.39, 0.29) is 0 Å². The first-order valence-corrected chi connectivity index (χ1v) is 7.56. The molecule has 2 nitrogen and oxygen atoms in total. The Morgan fingerprint density at radius 3 is 2.42 bits per heavy atom. The van der Waals surface area contributed by atoms with Gasteiger partial charge < -0.3 is 10.1 Å². The van der Waals surface area contributed by atoms with Gasteiger partial charge in [-0.25, -0.2) is 0 Å². The molecule has 2 heteroatoms. The molecule has 0 aliphatic heterocycles. The maximum Gasteiger partial charge on any atom is 0.118 e. The number of ether oxygens (including phenoxy) is 1. The fraction of sp³-hybridized carbons (Fsp3) is 0.647. The second kappa shape index (κ2) is 6.95. The highest BCUT2D eigenvalue weighted by Gasteiger charge is 2.25. The van der Waals surface area contributed by atoms with Crippen LogP contribution in [0.4, 0.5) is 0 Å². The predicted octanol–water partition coefficient (Wildman–Crippen LogP) is 3.80. The van der Waals surface area contributed by atoms with Crippen LogP contribution in [0.25, 0.3) is 0 Å². The molecule has 106 valence electrons. The third-order valence-corrected chi connectivity index (χ3v) is 4.36. The highest BCUT2D eigenvalue weighted by atomic mass is 16.5. The molecule has 2 rings (SSSR count). The van der Waals surface area contributed by atoms with Crippen molar-refractivity contribution in [3.05, 3.63) is 29.8 Å². The average Bonchev–Trinajstić information content (AvgIpc) is 2.45. The van der Waals surface area contributed by atoms with Crippen molar-refractivity contribution in [3.63, 3.8) is 0 Å². The maximum absolute atomic E-state index is 5.17. The molecular formula is C17H27NO. The molecule has 0 spiro atoms. The van der Waals surface area contributed by atoms with E-state index in [9.17, 15) is 0 Å². The van der Waals surface area contributed by atoms with Crippen LogP contribution in [-0.2, 0) is 6.42 Å². The Bertz CT molecular complexity index is 365. The molecule has 1 aromatic rings. The minimum atomic E-state index is 0.540. The number of rotatable bonds is 6. The Balaban J connectivity index is 1.68. The minimum absolute atomic E-state index is 0.540. The molecular weight excluding hydrogens is 234 g/mol. The Hall–Kier alpha value is -1.02. The van der Waals surface area contributed by atoms with E-state index in [4.69, 9.17) is 4.74 Å². The van der Waals surface area contributed by atoms with E-state index in [0.29, 0.717) is 5.41 Å². The molecule has 0 heterocycles. The molecule has 0 radical (unpaired) electrons. The van der Waals surface area contributed by atoms with Crippen molar-refractivity contribution in [2.24, 2.45) is 5.41 Å². The summed E-state index contributed by atoms with van der Waals surface area (Å²) in [4.78, 5) is 0. The second-order valence-electron chi connectivity index (χ2n) is 6.15. The Labute approximate surface area is 117 Å². The number of hydrogen-bond acceptors (Lipinski definition) is 2. The van der Waals surface area contributed by atoms with E-state index in [1.54, 1.807) is 7.11 Å². The van der Waals surface area contributed by atoms with Crippen molar-refractivity contribution >= 4 is 0 Å². The van der Waals surface area contributed by atoms with Gasteiger partial charge in [0.25, 0.3) is 0 Å². The summed E-state index contributed by atoms with van der Waals surface area (Å²) in [5, 5.41) is 3.64. The first-order valence-electron chi connectivity index (χ1n) is 7.56. The zero-order valence-electron chi connectivity index (χ0n) is 12.4. The van der Waals surface area contributed by atoms with Crippen LogP contribution in [-0.4, -0.2) is 20.2 Å². The van der Waals surface area contributed by atoms with E-state index >= 15 is 0 Å². The molecule has 1 aliphatic carbocycles. The van der Waals surface area contributed by atoms with Crippen LogP contribution >= 0.6 is 0 Å². The predicted molar refractivity (Wildman–Crippen MR) is 80.8 cm³/mol. The highest BCUT2D eigenvalue weighted by molar-refractivity contribution is 5.27. The Morgan fingerprint density at radius 2 is 1.79 bits per heavy atom. The summed E-state index contributed by atoms with van der Waals surface area (Å²) in [5.74, 6) is 0.937. The van der Waals surface area contributed by atoms with E-state index < -0.39 is 0 Å². The lowest BCUT2D eigenvalue weighted by atomic mass is 9.76. The van der Waals surface area contributed by atoms with E-state index in [0.717, 1.165) is 18.7 Å². The monoisotopic (exact) mass is 261 g/mol. The lowest BCUT2D eigenvalue weighted by molar-refractivity contribution is 0.208. The van der Waals surface area contributed by atoms with Gasteiger partial charge >= 0.3 is 0 Å². The summed E-state index contributed by atoms with van der Waals surface area (Å²) < 4.78 is 5.17. The van der Waals surface area contributed by atoms with Gasteiger partial charge in [-0.3, -0.25) is 0 Å². The number of nitrogens with one attached hydrogen (secondary N) is 1. The van der Waals surface area contributed by atoms with Gasteiger partial charge in [0, 0.05) is 6.54 Å². The summed E-state index contributed by atoms with van der Waals surface area (Å²) in [5.41, 5.74) is 1.92. The molecule has 0 unspecified atom stereocenters. The summed E-state index contributed by atoms with van der Waals surface area (Å²) in [6.45, 7) is 4.68. The van der Waals surface area contributed by atoms with Gasteiger partial charge in [-0.05, 0) is 48.9 Å². The Kier molecular flexibility index (Phi) is 5.26. The van der Waals surface area contributed by atoms with Crippen molar-refractivity contribution in [1.29, 1.82) is 0 Å². The summed E-state index contributed by atoms with van der Waals surface area (Å²) >= 11 is 0. The zero-order chi connectivity index (χ0) is 13.6. The topological polar surface area (TPSA) is 21.3 Å². The normalized spacial score (nSPS) is 18.2. The van der Waals surface area contributed by atoms with Crippen LogP contribution < -0.4 is 10.1 Å². The fourth-order valence-electron chi connectivity index (χ4n) is 3.00. The maximum atomic E-state index is 5.17. The summed E-state index contributed by atoms with van der Waals surface area (Å²) in [7, 11) is 1.71. The first kappa shape index (κ1) is 14.4. The van der Waals surface area contributed by atoms with Crippen molar-refractivity contribution in [3.8, 4) is 5.75 Å². The van der Waals surface area contributed by atoms with Gasteiger partial charge in [-0.2, -0.15) is 0 Å². The molecule has 1 fully saturated rings. The van der Waals surface area contributed by atoms with Crippen LogP contribution in [0.3, 0.4) is 0 Å². The van der Waals surface area contributed by atoms with E-state index in [1.807, 2.05) is 12.1 Å².